The molecule has 1 rings (SSSR count). The van der Waals surface area contributed by atoms with E-state index >= 15 is 0 Å². The van der Waals surface area contributed by atoms with Crippen LogP contribution < -0.4 is 0 Å². The molecule has 1 aliphatic heterocycles. The lowest BCUT2D eigenvalue weighted by atomic mass is 10.2. The zero-order valence-corrected chi connectivity index (χ0v) is 10.4. The van der Waals surface area contributed by atoms with Crippen molar-refractivity contribution >= 4 is 5.78 Å². The van der Waals surface area contributed by atoms with Gasteiger partial charge in [-0.1, -0.05) is 0 Å². The van der Waals surface area contributed by atoms with Gasteiger partial charge in [0.15, 0.2) is 0 Å². The molecule has 1 saturated heterocycles. The summed E-state index contributed by atoms with van der Waals surface area (Å²) in [6, 6.07) is 0.518. The van der Waals surface area contributed by atoms with Gasteiger partial charge in [0.1, 0.15) is 12.0 Å². The maximum absolute atomic E-state index is 13.3. The van der Waals surface area contributed by atoms with E-state index < -0.39 is 6.17 Å². The zero-order valence-electron chi connectivity index (χ0n) is 10.4. The molecular weight excluding hydrogens is 209 g/mol. The van der Waals surface area contributed by atoms with Gasteiger partial charge in [0, 0.05) is 25.0 Å². The van der Waals surface area contributed by atoms with Crippen LogP contribution in [0.3, 0.4) is 0 Å². The molecule has 0 radical (unpaired) electrons. The van der Waals surface area contributed by atoms with Crippen LogP contribution in [0.1, 0.15) is 33.6 Å². The Kier molecular flexibility index (Phi) is 5.35. The van der Waals surface area contributed by atoms with Crippen molar-refractivity contribution in [3.05, 3.63) is 0 Å². The molecule has 3 nitrogen and oxygen atoms in total. The van der Waals surface area contributed by atoms with Crippen LogP contribution in [0.5, 0.6) is 0 Å². The summed E-state index contributed by atoms with van der Waals surface area (Å²) in [5.41, 5.74) is 0. The fraction of sp³-hybridized carbons (Fsp3) is 0.917. The molecule has 0 spiro atoms. The molecule has 0 aromatic carbocycles. The Bertz CT molecular complexity index is 233. The number of rotatable bonds is 6. The predicted octanol–water partition coefficient (Wildman–Crippen LogP) is 1.80. The van der Waals surface area contributed by atoms with Crippen molar-refractivity contribution < 1.29 is 13.9 Å². The topological polar surface area (TPSA) is 29.5 Å². The summed E-state index contributed by atoms with van der Waals surface area (Å²) in [6.07, 6.45) is 0.273. The molecular formula is C12H22FNO2. The van der Waals surface area contributed by atoms with Crippen molar-refractivity contribution in [1.29, 1.82) is 0 Å². The molecule has 0 aliphatic carbocycles. The number of nitrogens with zero attached hydrogens (tertiary/aromatic N) is 1. The molecule has 0 amide bonds. The normalized spacial score (nSPS) is 26.6. The Balaban J connectivity index is 2.26. The molecule has 4 heteroatoms. The van der Waals surface area contributed by atoms with Crippen molar-refractivity contribution in [2.24, 2.45) is 0 Å². The van der Waals surface area contributed by atoms with E-state index in [0.29, 0.717) is 38.6 Å². The van der Waals surface area contributed by atoms with Gasteiger partial charge in [-0.25, -0.2) is 4.39 Å². The van der Waals surface area contributed by atoms with Crippen LogP contribution in [0.25, 0.3) is 0 Å². The number of carbonyl (C=O) groups excluding carboxylic acids is 1. The smallest absolute Gasteiger partial charge is 0.132 e. The third-order valence-corrected chi connectivity index (χ3v) is 2.98. The number of likely N-dealkylation sites (tertiary alicyclic amines) is 1. The average molecular weight is 231 g/mol. The number of hydrogen-bond acceptors (Lipinski definition) is 3. The van der Waals surface area contributed by atoms with E-state index in [0.717, 1.165) is 0 Å². The predicted molar refractivity (Wildman–Crippen MR) is 61.3 cm³/mol. The Hall–Kier alpha value is -0.480. The average Bonchev–Trinajstić information content (AvgIpc) is 2.54. The van der Waals surface area contributed by atoms with Gasteiger partial charge in [0.2, 0.25) is 0 Å². The first kappa shape index (κ1) is 13.6. The van der Waals surface area contributed by atoms with Gasteiger partial charge >= 0.3 is 0 Å². The summed E-state index contributed by atoms with van der Waals surface area (Å²) >= 11 is 0. The minimum atomic E-state index is -0.733. The molecule has 0 bridgehead atoms. The molecule has 94 valence electrons. The summed E-state index contributed by atoms with van der Waals surface area (Å²) in [5.74, 6) is 0.135. The summed E-state index contributed by atoms with van der Waals surface area (Å²) in [7, 11) is 0. The van der Waals surface area contributed by atoms with Crippen LogP contribution in [-0.4, -0.2) is 48.7 Å². The van der Waals surface area contributed by atoms with Crippen molar-refractivity contribution in [3.8, 4) is 0 Å². The highest BCUT2D eigenvalue weighted by Gasteiger charge is 2.33. The van der Waals surface area contributed by atoms with Crippen LogP contribution >= 0.6 is 0 Å². The molecule has 1 aliphatic rings. The highest BCUT2D eigenvalue weighted by atomic mass is 19.1. The lowest BCUT2D eigenvalue weighted by Gasteiger charge is -2.27. The second kappa shape index (κ2) is 6.30. The highest BCUT2D eigenvalue weighted by molar-refractivity contribution is 5.75. The number of Topliss-reactive ketones (excluding diaryl/α,β-unsaturated/α-hetero) is 1. The fourth-order valence-electron chi connectivity index (χ4n) is 2.11. The SMILES string of the molecule is CC(=O)CCOC[C@@H]1C[C@H](F)CN1C(C)C. The maximum atomic E-state index is 13.3. The summed E-state index contributed by atoms with van der Waals surface area (Å²) in [6.45, 7) is 7.19. The molecule has 0 unspecified atom stereocenters. The van der Waals surface area contributed by atoms with Crippen molar-refractivity contribution in [2.45, 2.75) is 51.9 Å². The number of ether oxygens (including phenoxy) is 1. The highest BCUT2D eigenvalue weighted by Crippen LogP contribution is 2.22. The lowest BCUT2D eigenvalue weighted by Crippen LogP contribution is -2.38. The molecule has 1 heterocycles. The Morgan fingerprint density at radius 2 is 2.25 bits per heavy atom. The van der Waals surface area contributed by atoms with E-state index in [4.69, 9.17) is 4.74 Å². The van der Waals surface area contributed by atoms with Crippen LogP contribution in [0.4, 0.5) is 4.39 Å². The second-order valence-electron chi connectivity index (χ2n) is 4.80. The number of halogens is 1. The Morgan fingerprint density at radius 3 is 2.81 bits per heavy atom. The van der Waals surface area contributed by atoms with E-state index in [9.17, 15) is 9.18 Å². The zero-order chi connectivity index (χ0) is 12.1. The standard InChI is InChI=1S/C12H22FNO2/c1-9(2)14-7-11(13)6-12(14)8-16-5-4-10(3)15/h9,11-12H,4-8H2,1-3H3/t11-,12-/m0/s1. The van der Waals surface area contributed by atoms with Crippen LogP contribution in [0.2, 0.25) is 0 Å². The molecule has 16 heavy (non-hydrogen) atoms. The Labute approximate surface area is 96.9 Å². The van der Waals surface area contributed by atoms with Gasteiger partial charge in [0.25, 0.3) is 0 Å². The third-order valence-electron chi connectivity index (χ3n) is 2.98. The number of alkyl halides is 1. The molecule has 0 N–H and O–H groups in total. The van der Waals surface area contributed by atoms with Crippen LogP contribution in [0, 0.1) is 0 Å². The molecule has 0 aromatic rings. The number of hydrogen-bond donors (Lipinski definition) is 0. The van der Waals surface area contributed by atoms with Gasteiger partial charge < -0.3 is 4.74 Å². The largest absolute Gasteiger partial charge is 0.379 e. The first-order valence-electron chi connectivity index (χ1n) is 5.97. The molecule has 2 atom stereocenters. The summed E-state index contributed by atoms with van der Waals surface area (Å²) < 4.78 is 18.7. The van der Waals surface area contributed by atoms with Gasteiger partial charge in [-0.2, -0.15) is 0 Å². The lowest BCUT2D eigenvalue weighted by molar-refractivity contribution is -0.118. The summed E-state index contributed by atoms with van der Waals surface area (Å²) in [4.78, 5) is 12.9. The van der Waals surface area contributed by atoms with E-state index in [1.807, 2.05) is 0 Å². The van der Waals surface area contributed by atoms with E-state index in [-0.39, 0.29) is 11.8 Å². The first-order chi connectivity index (χ1) is 7.50. The molecule has 0 aromatic heterocycles. The van der Waals surface area contributed by atoms with Crippen molar-refractivity contribution in [1.82, 2.24) is 4.90 Å². The van der Waals surface area contributed by atoms with Gasteiger partial charge in [-0.3, -0.25) is 9.69 Å². The quantitative estimate of drug-likeness (QED) is 0.653. The third kappa shape index (κ3) is 4.18. The van der Waals surface area contributed by atoms with E-state index in [1.165, 1.54) is 0 Å². The number of carbonyl (C=O) groups is 1. The van der Waals surface area contributed by atoms with E-state index in [1.54, 1.807) is 6.92 Å². The number of ketones is 1. The minimum absolute atomic E-state index is 0.135. The molecule has 0 saturated carbocycles. The van der Waals surface area contributed by atoms with Crippen LogP contribution in [0.15, 0.2) is 0 Å². The molecule has 1 fully saturated rings. The van der Waals surface area contributed by atoms with E-state index in [2.05, 4.69) is 18.7 Å². The fourth-order valence-corrected chi connectivity index (χ4v) is 2.11. The second-order valence-corrected chi connectivity index (χ2v) is 4.80. The van der Waals surface area contributed by atoms with Crippen molar-refractivity contribution in [2.75, 3.05) is 19.8 Å². The maximum Gasteiger partial charge on any atom is 0.132 e. The monoisotopic (exact) mass is 231 g/mol. The summed E-state index contributed by atoms with van der Waals surface area (Å²) in [5, 5.41) is 0. The van der Waals surface area contributed by atoms with Crippen LogP contribution in [-0.2, 0) is 9.53 Å². The van der Waals surface area contributed by atoms with Gasteiger partial charge in [-0.05, 0) is 27.2 Å². The minimum Gasteiger partial charge on any atom is -0.379 e. The Morgan fingerprint density at radius 1 is 1.56 bits per heavy atom. The van der Waals surface area contributed by atoms with Gasteiger partial charge in [-0.15, -0.1) is 0 Å². The van der Waals surface area contributed by atoms with Gasteiger partial charge in [0.05, 0.1) is 13.2 Å². The van der Waals surface area contributed by atoms with Crippen molar-refractivity contribution in [3.63, 3.8) is 0 Å². The first-order valence-corrected chi connectivity index (χ1v) is 5.97.